The van der Waals surface area contributed by atoms with E-state index in [0.717, 1.165) is 29.6 Å². The Morgan fingerprint density at radius 3 is 2.46 bits per heavy atom. The van der Waals surface area contributed by atoms with Gasteiger partial charge in [0.2, 0.25) is 0 Å². The first-order chi connectivity index (χ1) is 18.7. The maximum Gasteiger partial charge on any atom is 0.412 e. The lowest BCUT2D eigenvalue weighted by atomic mass is 10.0. The number of carbonyl (C=O) groups is 2. The fraction of sp³-hybridized carbons (Fsp3) is 0.214. The van der Waals surface area contributed by atoms with Gasteiger partial charge in [0.25, 0.3) is 0 Å². The van der Waals surface area contributed by atoms with Gasteiger partial charge in [0.1, 0.15) is 17.3 Å². The van der Waals surface area contributed by atoms with Crippen LogP contribution in [0.2, 0.25) is 0 Å². The number of fused-ring (bicyclic) bond motifs is 1. The van der Waals surface area contributed by atoms with E-state index >= 15 is 0 Å². The van der Waals surface area contributed by atoms with Gasteiger partial charge < -0.3 is 9.84 Å². The fourth-order valence-corrected chi connectivity index (χ4v) is 7.78. The molecule has 6 rings (SSSR count). The Bertz CT molecular complexity index is 1690. The van der Waals surface area contributed by atoms with Crippen molar-refractivity contribution in [1.29, 1.82) is 0 Å². The number of halogens is 1. The van der Waals surface area contributed by atoms with Gasteiger partial charge in [0.05, 0.1) is 26.8 Å². The summed E-state index contributed by atoms with van der Waals surface area (Å²) in [5, 5.41) is 12.3. The molecule has 39 heavy (non-hydrogen) atoms. The van der Waals surface area contributed by atoms with Crippen molar-refractivity contribution in [3.8, 4) is 20.2 Å². The average Bonchev–Trinajstić information content (AvgIpc) is 3.31. The third-order valence-electron chi connectivity index (χ3n) is 6.81. The highest BCUT2D eigenvalue weighted by Gasteiger charge is 2.54. The molecule has 7 nitrogen and oxygen atoms in total. The van der Waals surface area contributed by atoms with Crippen LogP contribution in [0.3, 0.4) is 0 Å². The van der Waals surface area contributed by atoms with Gasteiger partial charge in [-0.25, -0.2) is 9.18 Å². The zero-order valence-corrected chi connectivity index (χ0v) is 23.3. The van der Waals surface area contributed by atoms with Crippen LogP contribution in [0.25, 0.3) is 29.6 Å². The van der Waals surface area contributed by atoms with Crippen molar-refractivity contribution in [3.05, 3.63) is 77.5 Å². The maximum atomic E-state index is 14.9. The second-order valence-electron chi connectivity index (χ2n) is 9.45. The van der Waals surface area contributed by atoms with Gasteiger partial charge in [-0.2, -0.15) is 4.37 Å². The number of anilines is 1. The van der Waals surface area contributed by atoms with Gasteiger partial charge >= 0.3 is 12.1 Å². The van der Waals surface area contributed by atoms with Gasteiger partial charge in [-0.3, -0.25) is 15.1 Å². The van der Waals surface area contributed by atoms with Crippen LogP contribution >= 0.6 is 34.2 Å². The lowest BCUT2D eigenvalue weighted by Gasteiger charge is -2.14. The summed E-state index contributed by atoms with van der Waals surface area (Å²) in [6, 6.07) is 14.9. The summed E-state index contributed by atoms with van der Waals surface area (Å²) in [6.07, 6.45) is 1.40. The second kappa shape index (κ2) is 9.82. The minimum Gasteiger partial charge on any atom is -0.481 e. The van der Waals surface area contributed by atoms with E-state index in [1.54, 1.807) is 17.5 Å². The Hall–Kier alpha value is -3.67. The SMILES string of the molecule is Cc1nsc(-c2cc3sc(-c4cnc(C5(C(=O)O)CC5)c(F)c4)cc3s2)c1NC(=O)O[C@H](C)c1ccccc1. The molecule has 1 aliphatic carbocycles. The van der Waals surface area contributed by atoms with Gasteiger partial charge in [0, 0.05) is 26.0 Å². The molecule has 1 aliphatic rings. The molecule has 0 bridgehead atoms. The molecule has 4 aromatic heterocycles. The van der Waals surface area contributed by atoms with Crippen LogP contribution in [0.4, 0.5) is 14.9 Å². The smallest absolute Gasteiger partial charge is 0.412 e. The van der Waals surface area contributed by atoms with Gasteiger partial charge in [-0.05, 0) is 62.0 Å². The summed E-state index contributed by atoms with van der Waals surface area (Å²) in [5.41, 5.74) is 1.66. The third kappa shape index (κ3) is 4.70. The summed E-state index contributed by atoms with van der Waals surface area (Å²) in [5.74, 6) is -1.62. The van der Waals surface area contributed by atoms with Crippen LogP contribution in [0.1, 0.15) is 42.8 Å². The van der Waals surface area contributed by atoms with Gasteiger partial charge in [-0.15, -0.1) is 22.7 Å². The normalized spacial score (nSPS) is 14.7. The number of carbonyl (C=O) groups excluding carboxylic acids is 1. The molecule has 0 unspecified atom stereocenters. The molecule has 0 spiro atoms. The molecule has 4 heterocycles. The van der Waals surface area contributed by atoms with Crippen LogP contribution < -0.4 is 5.32 Å². The highest BCUT2D eigenvalue weighted by Crippen LogP contribution is 2.49. The zero-order valence-electron chi connectivity index (χ0n) is 20.9. The number of nitrogens with zero attached hydrogens (tertiary/aromatic N) is 2. The van der Waals surface area contributed by atoms with E-state index in [0.29, 0.717) is 29.8 Å². The molecular weight excluding hydrogens is 558 g/mol. The standard InChI is InChI=1S/C28H22FN3O4S3/c1-14-23(31-27(35)36-15(2)16-6-4-3-5-7-16)24(39-32-14)22-12-21-20(38-22)11-19(37-21)17-10-18(29)25(30-13-17)28(8-9-28)26(33)34/h3-7,10-13,15H,8-9H2,1-2H3,(H,31,35)(H,33,34)/t15-/m1/s1. The number of aryl methyl sites for hydroxylation is 1. The molecule has 198 valence electrons. The highest BCUT2D eigenvalue weighted by atomic mass is 32.1. The number of thiophene rings is 2. The topological polar surface area (TPSA) is 101 Å². The number of rotatable bonds is 7. The molecule has 0 saturated heterocycles. The largest absolute Gasteiger partial charge is 0.481 e. The molecule has 1 saturated carbocycles. The Morgan fingerprint density at radius 2 is 1.79 bits per heavy atom. The van der Waals surface area contributed by atoms with Crippen molar-refractivity contribution in [2.24, 2.45) is 0 Å². The molecule has 0 aliphatic heterocycles. The van der Waals surface area contributed by atoms with E-state index in [1.807, 2.05) is 56.3 Å². The van der Waals surface area contributed by atoms with Crippen LogP contribution in [-0.2, 0) is 14.9 Å². The van der Waals surface area contributed by atoms with E-state index in [2.05, 4.69) is 14.7 Å². The fourth-order valence-electron chi connectivity index (χ4n) is 4.46. The number of benzene rings is 1. The van der Waals surface area contributed by atoms with Gasteiger partial charge in [-0.1, -0.05) is 30.3 Å². The number of hydrogen-bond acceptors (Lipinski definition) is 8. The van der Waals surface area contributed by atoms with E-state index in [4.69, 9.17) is 4.74 Å². The highest BCUT2D eigenvalue weighted by molar-refractivity contribution is 7.32. The number of ether oxygens (including phenoxy) is 1. The molecule has 11 heteroatoms. The maximum absolute atomic E-state index is 14.9. The number of carboxylic acid groups (broad SMARTS) is 1. The molecule has 1 fully saturated rings. The third-order valence-corrected chi connectivity index (χ3v) is 10.3. The number of aromatic nitrogens is 2. The lowest BCUT2D eigenvalue weighted by Crippen LogP contribution is -2.22. The van der Waals surface area contributed by atoms with Crippen molar-refractivity contribution in [1.82, 2.24) is 9.36 Å². The molecule has 5 aromatic rings. The monoisotopic (exact) mass is 579 g/mol. The number of carboxylic acids is 1. The lowest BCUT2D eigenvalue weighted by molar-refractivity contribution is -0.140. The second-order valence-corrected chi connectivity index (χ2v) is 12.4. The van der Waals surface area contributed by atoms with Crippen molar-refractivity contribution in [2.45, 2.75) is 38.2 Å². The van der Waals surface area contributed by atoms with Crippen LogP contribution in [0.5, 0.6) is 0 Å². The number of amides is 1. The summed E-state index contributed by atoms with van der Waals surface area (Å²) >= 11 is 4.36. The number of nitrogens with one attached hydrogen (secondary N) is 1. The van der Waals surface area contributed by atoms with Crippen molar-refractivity contribution in [3.63, 3.8) is 0 Å². The summed E-state index contributed by atoms with van der Waals surface area (Å²) in [4.78, 5) is 31.1. The van der Waals surface area contributed by atoms with E-state index in [-0.39, 0.29) is 5.69 Å². The molecule has 1 aromatic carbocycles. The van der Waals surface area contributed by atoms with Crippen molar-refractivity contribution >= 4 is 61.4 Å². The van der Waals surface area contributed by atoms with Gasteiger partial charge in [0.15, 0.2) is 0 Å². The average molecular weight is 580 g/mol. The Kier molecular flexibility index (Phi) is 6.44. The molecule has 0 radical (unpaired) electrons. The molecule has 1 atom stereocenters. The first-order valence-corrected chi connectivity index (χ1v) is 14.6. The Morgan fingerprint density at radius 1 is 1.10 bits per heavy atom. The van der Waals surface area contributed by atoms with E-state index < -0.39 is 29.4 Å². The van der Waals surface area contributed by atoms with Crippen LogP contribution in [0.15, 0.2) is 54.7 Å². The first-order valence-electron chi connectivity index (χ1n) is 12.2. The summed E-state index contributed by atoms with van der Waals surface area (Å²) in [6.45, 7) is 3.66. The Balaban J connectivity index is 1.22. The minimum atomic E-state index is -1.18. The number of pyridine rings is 1. The summed E-state index contributed by atoms with van der Waals surface area (Å²) in [7, 11) is 0. The molecule has 2 N–H and O–H groups in total. The van der Waals surface area contributed by atoms with Crippen LogP contribution in [-0.4, -0.2) is 26.5 Å². The van der Waals surface area contributed by atoms with Crippen LogP contribution in [0, 0.1) is 12.7 Å². The minimum absolute atomic E-state index is 0.0108. The quantitative estimate of drug-likeness (QED) is 0.202. The molecular formula is C28H22FN3O4S3. The Labute approximate surface area is 235 Å². The number of aliphatic carboxylic acids is 1. The molecule has 1 amide bonds. The van der Waals surface area contributed by atoms with Crippen molar-refractivity contribution in [2.75, 3.05) is 5.32 Å². The van der Waals surface area contributed by atoms with E-state index in [1.165, 1.54) is 28.9 Å². The zero-order chi connectivity index (χ0) is 27.3. The van der Waals surface area contributed by atoms with E-state index in [9.17, 15) is 19.1 Å². The number of hydrogen-bond donors (Lipinski definition) is 2. The van der Waals surface area contributed by atoms with Crippen molar-refractivity contribution < 1.29 is 23.8 Å². The predicted molar refractivity (Wildman–Crippen MR) is 152 cm³/mol. The predicted octanol–water partition coefficient (Wildman–Crippen LogP) is 8.02. The first kappa shape index (κ1) is 25.6. The summed E-state index contributed by atoms with van der Waals surface area (Å²) < 4.78 is 26.9.